The summed E-state index contributed by atoms with van der Waals surface area (Å²) in [6.45, 7) is 3.70. The van der Waals surface area contributed by atoms with Crippen LogP contribution in [-0.2, 0) is 16.6 Å². The number of nitrogens with zero attached hydrogens (tertiary/aromatic N) is 4. The van der Waals surface area contributed by atoms with E-state index >= 15 is 0 Å². The van der Waals surface area contributed by atoms with Gasteiger partial charge in [0, 0.05) is 38.9 Å². The molecule has 1 aliphatic rings. The maximum Gasteiger partial charge on any atom is 0.225 e. The van der Waals surface area contributed by atoms with E-state index in [1.165, 1.54) is 0 Å². The summed E-state index contributed by atoms with van der Waals surface area (Å²) in [5, 5.41) is 11.4. The van der Waals surface area contributed by atoms with Gasteiger partial charge in [-0.2, -0.15) is 0 Å². The van der Waals surface area contributed by atoms with Crippen LogP contribution in [0.4, 0.5) is 0 Å². The second-order valence-electron chi connectivity index (χ2n) is 4.70. The number of thioether (sulfide) groups is 1. The normalized spacial score (nSPS) is 18.6. The zero-order chi connectivity index (χ0) is 14.5. The standard InChI is InChI=1S/C12H19N5O2S/c1-3-17-7-9(6-10(17)18)11(19)13-4-5-20-12-15-14-8-16(12)2/h8-9H,3-7H2,1-2H3,(H,13,19). The van der Waals surface area contributed by atoms with Crippen LogP contribution in [0.2, 0.25) is 0 Å². The first-order valence-electron chi connectivity index (χ1n) is 6.64. The Bertz CT molecular complexity index is 490. The molecule has 1 aromatic rings. The predicted octanol–water partition coefficient (Wildman–Crippen LogP) is -0.108. The quantitative estimate of drug-likeness (QED) is 0.585. The monoisotopic (exact) mass is 297 g/mol. The lowest BCUT2D eigenvalue weighted by molar-refractivity contribution is -0.128. The van der Waals surface area contributed by atoms with Crippen molar-refractivity contribution in [2.75, 3.05) is 25.4 Å². The number of carbonyl (C=O) groups excluding carboxylic acids is 2. The Morgan fingerprint density at radius 3 is 3.00 bits per heavy atom. The number of hydrogen-bond donors (Lipinski definition) is 1. The van der Waals surface area contributed by atoms with E-state index in [1.807, 2.05) is 18.5 Å². The van der Waals surface area contributed by atoms with Crippen LogP contribution >= 0.6 is 11.8 Å². The van der Waals surface area contributed by atoms with Gasteiger partial charge < -0.3 is 14.8 Å². The van der Waals surface area contributed by atoms with Crippen molar-refractivity contribution < 1.29 is 9.59 Å². The molecular formula is C12H19N5O2S. The summed E-state index contributed by atoms with van der Waals surface area (Å²) in [4.78, 5) is 25.2. The molecule has 20 heavy (non-hydrogen) atoms. The zero-order valence-corrected chi connectivity index (χ0v) is 12.5. The summed E-state index contributed by atoms with van der Waals surface area (Å²) in [7, 11) is 1.88. The fourth-order valence-corrected chi connectivity index (χ4v) is 2.86. The third-order valence-electron chi connectivity index (χ3n) is 3.27. The summed E-state index contributed by atoms with van der Waals surface area (Å²) in [6.07, 6.45) is 1.97. The molecule has 8 heteroatoms. The third-order valence-corrected chi connectivity index (χ3v) is 4.31. The van der Waals surface area contributed by atoms with Crippen LogP contribution in [0.3, 0.4) is 0 Å². The number of nitrogens with one attached hydrogen (secondary N) is 1. The van der Waals surface area contributed by atoms with Crippen LogP contribution in [0.25, 0.3) is 0 Å². The Hall–Kier alpha value is -1.57. The van der Waals surface area contributed by atoms with E-state index in [-0.39, 0.29) is 17.7 Å². The van der Waals surface area contributed by atoms with Crippen molar-refractivity contribution in [1.82, 2.24) is 25.0 Å². The largest absolute Gasteiger partial charge is 0.355 e. The Kier molecular flexibility index (Phi) is 4.99. The molecule has 110 valence electrons. The minimum atomic E-state index is -0.206. The van der Waals surface area contributed by atoms with Crippen LogP contribution in [0.5, 0.6) is 0 Å². The van der Waals surface area contributed by atoms with Gasteiger partial charge in [0.15, 0.2) is 5.16 Å². The molecule has 0 radical (unpaired) electrons. The van der Waals surface area contributed by atoms with Gasteiger partial charge in [0.1, 0.15) is 6.33 Å². The summed E-state index contributed by atoms with van der Waals surface area (Å²) in [5.74, 6) is 0.562. The van der Waals surface area contributed by atoms with Crippen LogP contribution in [0.15, 0.2) is 11.5 Å². The van der Waals surface area contributed by atoms with Crippen molar-refractivity contribution in [3.63, 3.8) is 0 Å². The molecule has 1 fully saturated rings. The summed E-state index contributed by atoms with van der Waals surface area (Å²) >= 11 is 1.54. The van der Waals surface area contributed by atoms with Crippen molar-refractivity contribution in [2.24, 2.45) is 13.0 Å². The van der Waals surface area contributed by atoms with Crippen LogP contribution < -0.4 is 5.32 Å². The molecule has 2 heterocycles. The fraction of sp³-hybridized carbons (Fsp3) is 0.667. The molecule has 1 N–H and O–H groups in total. The minimum absolute atomic E-state index is 0.0344. The Morgan fingerprint density at radius 1 is 1.60 bits per heavy atom. The second-order valence-corrected chi connectivity index (χ2v) is 5.76. The van der Waals surface area contributed by atoms with Crippen molar-refractivity contribution >= 4 is 23.6 Å². The van der Waals surface area contributed by atoms with Gasteiger partial charge in [-0.15, -0.1) is 10.2 Å². The summed E-state index contributed by atoms with van der Waals surface area (Å²) < 4.78 is 1.83. The van der Waals surface area contributed by atoms with Gasteiger partial charge in [0.25, 0.3) is 0 Å². The lowest BCUT2D eigenvalue weighted by atomic mass is 10.1. The van der Waals surface area contributed by atoms with Crippen molar-refractivity contribution in [3.05, 3.63) is 6.33 Å². The van der Waals surface area contributed by atoms with Crippen LogP contribution in [0, 0.1) is 5.92 Å². The molecule has 0 aromatic carbocycles. The molecule has 7 nitrogen and oxygen atoms in total. The van der Waals surface area contributed by atoms with E-state index in [9.17, 15) is 9.59 Å². The maximum atomic E-state index is 11.9. The highest BCUT2D eigenvalue weighted by molar-refractivity contribution is 7.99. The Morgan fingerprint density at radius 2 is 2.40 bits per heavy atom. The Balaban J connectivity index is 1.68. The topological polar surface area (TPSA) is 80.1 Å². The highest BCUT2D eigenvalue weighted by atomic mass is 32.2. The first-order valence-corrected chi connectivity index (χ1v) is 7.62. The van der Waals surface area contributed by atoms with E-state index in [1.54, 1.807) is 23.0 Å². The highest BCUT2D eigenvalue weighted by Gasteiger charge is 2.32. The molecular weight excluding hydrogens is 278 g/mol. The van der Waals surface area contributed by atoms with E-state index in [0.717, 1.165) is 10.9 Å². The number of likely N-dealkylation sites (tertiary alicyclic amines) is 1. The van der Waals surface area contributed by atoms with Gasteiger partial charge in [0.2, 0.25) is 11.8 Å². The van der Waals surface area contributed by atoms with Gasteiger partial charge in [-0.05, 0) is 6.92 Å². The summed E-state index contributed by atoms with van der Waals surface area (Å²) in [5.41, 5.74) is 0. The first kappa shape index (κ1) is 14.8. The number of carbonyl (C=O) groups is 2. The van der Waals surface area contributed by atoms with Crippen molar-refractivity contribution in [2.45, 2.75) is 18.5 Å². The molecule has 2 rings (SSSR count). The van der Waals surface area contributed by atoms with Gasteiger partial charge in [0.05, 0.1) is 5.92 Å². The minimum Gasteiger partial charge on any atom is -0.355 e. The molecule has 0 bridgehead atoms. The smallest absolute Gasteiger partial charge is 0.225 e. The molecule has 2 amide bonds. The molecule has 0 aliphatic carbocycles. The van der Waals surface area contributed by atoms with Crippen LogP contribution in [0.1, 0.15) is 13.3 Å². The Labute approximate surface area is 122 Å². The molecule has 0 spiro atoms. The molecule has 1 aromatic heterocycles. The number of rotatable bonds is 6. The van der Waals surface area contributed by atoms with Gasteiger partial charge >= 0.3 is 0 Å². The molecule has 1 unspecified atom stereocenters. The first-order chi connectivity index (χ1) is 9.61. The molecule has 1 aliphatic heterocycles. The lowest BCUT2D eigenvalue weighted by Crippen LogP contribution is -2.34. The second kappa shape index (κ2) is 6.74. The average Bonchev–Trinajstić information content (AvgIpc) is 3.00. The number of aromatic nitrogens is 3. The molecule has 1 atom stereocenters. The maximum absolute atomic E-state index is 11.9. The van der Waals surface area contributed by atoms with Crippen LogP contribution in [-0.4, -0.2) is 56.9 Å². The number of amides is 2. The fourth-order valence-electron chi connectivity index (χ4n) is 2.12. The highest BCUT2D eigenvalue weighted by Crippen LogP contribution is 2.17. The number of hydrogen-bond acceptors (Lipinski definition) is 5. The van der Waals surface area contributed by atoms with Gasteiger partial charge in [-0.25, -0.2) is 0 Å². The van der Waals surface area contributed by atoms with Gasteiger partial charge in [-0.3, -0.25) is 9.59 Å². The zero-order valence-electron chi connectivity index (χ0n) is 11.7. The predicted molar refractivity (Wildman–Crippen MR) is 75.1 cm³/mol. The molecule has 1 saturated heterocycles. The van der Waals surface area contributed by atoms with Crippen molar-refractivity contribution in [1.29, 1.82) is 0 Å². The summed E-state index contributed by atoms with van der Waals surface area (Å²) in [6, 6.07) is 0. The lowest BCUT2D eigenvalue weighted by Gasteiger charge is -2.13. The third kappa shape index (κ3) is 3.50. The van der Waals surface area contributed by atoms with E-state index in [2.05, 4.69) is 15.5 Å². The molecule has 0 saturated carbocycles. The van der Waals surface area contributed by atoms with Crippen molar-refractivity contribution in [3.8, 4) is 0 Å². The van der Waals surface area contributed by atoms with Gasteiger partial charge in [-0.1, -0.05) is 11.8 Å². The number of aryl methyl sites for hydroxylation is 1. The van der Waals surface area contributed by atoms with E-state index < -0.39 is 0 Å². The average molecular weight is 297 g/mol. The SMILES string of the molecule is CCN1CC(C(=O)NCCSc2nncn2C)CC1=O. The van der Waals surface area contributed by atoms with E-state index in [0.29, 0.717) is 26.1 Å². The van der Waals surface area contributed by atoms with E-state index in [4.69, 9.17) is 0 Å².